The third-order valence-corrected chi connectivity index (χ3v) is 6.47. The molecule has 1 aromatic carbocycles. The molecule has 0 bridgehead atoms. The summed E-state index contributed by atoms with van der Waals surface area (Å²) in [6.07, 6.45) is 3.48. The van der Waals surface area contributed by atoms with Crippen LogP contribution in [0.5, 0.6) is 11.5 Å². The van der Waals surface area contributed by atoms with E-state index in [9.17, 15) is 0 Å². The van der Waals surface area contributed by atoms with Crippen LogP contribution in [0.25, 0.3) is 15.9 Å². The maximum atomic E-state index is 5.41. The van der Waals surface area contributed by atoms with Gasteiger partial charge in [-0.1, -0.05) is 6.07 Å². The van der Waals surface area contributed by atoms with E-state index in [-0.39, 0.29) is 0 Å². The molecule has 8 heteroatoms. The highest BCUT2D eigenvalue weighted by Gasteiger charge is 2.24. The highest BCUT2D eigenvalue weighted by Crippen LogP contribution is 2.33. The van der Waals surface area contributed by atoms with Crippen LogP contribution in [-0.4, -0.2) is 47.4 Å². The molecule has 144 valence electrons. The van der Waals surface area contributed by atoms with Crippen LogP contribution in [0.15, 0.2) is 24.5 Å². The average molecular weight is 396 g/mol. The number of hydrogen-bond acceptors (Lipinski definition) is 6. The van der Waals surface area contributed by atoms with Gasteiger partial charge in [-0.25, -0.2) is 14.5 Å². The van der Waals surface area contributed by atoms with E-state index in [0.29, 0.717) is 12.2 Å². The van der Waals surface area contributed by atoms with Crippen molar-refractivity contribution in [3.63, 3.8) is 0 Å². The number of methoxy groups -OCH3 is 2. The summed E-state index contributed by atoms with van der Waals surface area (Å²) in [7, 11) is 5.53. The van der Waals surface area contributed by atoms with E-state index in [1.807, 2.05) is 22.7 Å². The minimum atomic E-state index is 0.628. The zero-order chi connectivity index (χ0) is 19.3. The van der Waals surface area contributed by atoms with Crippen LogP contribution < -0.4 is 14.4 Å². The lowest BCUT2D eigenvalue weighted by molar-refractivity contribution is -0.895. The molecule has 0 saturated carbocycles. The molecule has 1 aliphatic rings. The van der Waals surface area contributed by atoms with Crippen molar-refractivity contribution >= 4 is 27.2 Å². The second-order valence-electron chi connectivity index (χ2n) is 7.22. The maximum absolute atomic E-state index is 5.41. The van der Waals surface area contributed by atoms with Crippen LogP contribution in [0.3, 0.4) is 0 Å². The second kappa shape index (κ2) is 6.72. The molecule has 0 fully saturated rings. The molecule has 5 rings (SSSR count). The number of nitrogens with zero attached hydrogens (tertiary/aromatic N) is 4. The quantitative estimate of drug-likeness (QED) is 0.567. The largest absolute Gasteiger partial charge is 0.493 e. The molecule has 4 aromatic rings. The highest BCUT2D eigenvalue weighted by molar-refractivity contribution is 7.19. The van der Waals surface area contributed by atoms with Crippen LogP contribution in [0, 0.1) is 0 Å². The third-order valence-electron chi connectivity index (χ3n) is 5.33. The topological polar surface area (TPSA) is 66.0 Å². The van der Waals surface area contributed by atoms with E-state index in [2.05, 4.69) is 17.1 Å². The Morgan fingerprint density at radius 1 is 1.21 bits per heavy atom. The number of fused-ring (bicyclic) bond motifs is 5. The predicted octanol–water partition coefficient (Wildman–Crippen LogP) is 1.52. The number of quaternary nitrogens is 1. The van der Waals surface area contributed by atoms with Gasteiger partial charge in [0, 0.05) is 12.8 Å². The average Bonchev–Trinajstić information content (AvgIpc) is 3.27. The summed E-state index contributed by atoms with van der Waals surface area (Å²) >= 11 is 1.80. The summed E-state index contributed by atoms with van der Waals surface area (Å²) in [4.78, 5) is 13.6. The molecule has 3 aromatic heterocycles. The van der Waals surface area contributed by atoms with Gasteiger partial charge in [-0.2, -0.15) is 0 Å². The summed E-state index contributed by atoms with van der Waals surface area (Å²) in [5, 5.41) is 5.85. The lowest BCUT2D eigenvalue weighted by Crippen LogP contribution is -3.08. The molecule has 1 unspecified atom stereocenters. The van der Waals surface area contributed by atoms with Gasteiger partial charge in [0.1, 0.15) is 17.7 Å². The van der Waals surface area contributed by atoms with Gasteiger partial charge in [0.15, 0.2) is 23.0 Å². The molecule has 1 aliphatic heterocycles. The van der Waals surface area contributed by atoms with Crippen molar-refractivity contribution in [3.8, 4) is 11.5 Å². The predicted molar refractivity (Wildman–Crippen MR) is 108 cm³/mol. The summed E-state index contributed by atoms with van der Waals surface area (Å²) in [5.41, 5.74) is 3.40. The molecule has 0 amide bonds. The first-order chi connectivity index (χ1) is 13.7. The molecular formula is C20H22N5O2S+. The Morgan fingerprint density at radius 2 is 2.07 bits per heavy atom. The van der Waals surface area contributed by atoms with Crippen LogP contribution in [0.4, 0.5) is 0 Å². The first-order valence-corrected chi connectivity index (χ1v) is 10.1. The molecule has 0 saturated heterocycles. The van der Waals surface area contributed by atoms with Gasteiger partial charge in [-0.05, 0) is 23.3 Å². The number of likely N-dealkylation sites (N-methyl/N-ethyl adjacent to an activating group) is 1. The zero-order valence-electron chi connectivity index (χ0n) is 16.2. The molecule has 1 atom stereocenters. The van der Waals surface area contributed by atoms with Gasteiger partial charge in [-0.3, -0.25) is 0 Å². The van der Waals surface area contributed by atoms with Crippen molar-refractivity contribution in [3.05, 3.63) is 46.4 Å². The number of thiophene rings is 1. The number of nitrogens with one attached hydrogen (secondary N) is 1. The van der Waals surface area contributed by atoms with Crippen LogP contribution in [0.1, 0.15) is 21.8 Å². The Hall–Kier alpha value is -2.71. The van der Waals surface area contributed by atoms with E-state index in [1.165, 1.54) is 15.8 Å². The standard InChI is InChI=1S/C20H21N5O2S/c1-24-7-6-13-16(10-24)28-20-18(13)19-22-17(23-25(19)11-21-20)9-12-4-5-14(26-2)15(8-12)27-3/h4-5,8,11H,6-7,9-10H2,1-3H3/p+1. The lowest BCUT2D eigenvalue weighted by atomic mass is 10.1. The van der Waals surface area contributed by atoms with Crippen molar-refractivity contribution in [2.75, 3.05) is 27.8 Å². The van der Waals surface area contributed by atoms with E-state index in [4.69, 9.17) is 14.5 Å². The Labute approximate surface area is 166 Å². The van der Waals surface area contributed by atoms with E-state index >= 15 is 0 Å². The minimum Gasteiger partial charge on any atom is -0.493 e. The number of aromatic nitrogens is 4. The molecule has 4 heterocycles. The Bertz CT molecular complexity index is 1180. The Morgan fingerprint density at radius 3 is 2.89 bits per heavy atom. The lowest BCUT2D eigenvalue weighted by Gasteiger charge is -2.19. The zero-order valence-corrected chi connectivity index (χ0v) is 17.0. The van der Waals surface area contributed by atoms with E-state index in [0.717, 1.165) is 47.1 Å². The fourth-order valence-corrected chi connectivity index (χ4v) is 5.20. The van der Waals surface area contributed by atoms with Crippen LogP contribution in [-0.2, 0) is 19.4 Å². The first-order valence-electron chi connectivity index (χ1n) is 9.33. The third kappa shape index (κ3) is 2.80. The first kappa shape index (κ1) is 17.4. The molecule has 0 aliphatic carbocycles. The SMILES string of the molecule is COc1ccc(Cc2nc3c4c5c(sc4ncn3n2)C[NH+](C)CC5)cc1OC. The van der Waals surface area contributed by atoms with Gasteiger partial charge < -0.3 is 14.4 Å². The summed E-state index contributed by atoms with van der Waals surface area (Å²) in [5.74, 6) is 2.21. The Kier molecular flexibility index (Phi) is 4.17. The fraction of sp³-hybridized carbons (Fsp3) is 0.350. The highest BCUT2D eigenvalue weighted by atomic mass is 32.1. The molecule has 0 spiro atoms. The van der Waals surface area contributed by atoms with Crippen molar-refractivity contribution in [2.24, 2.45) is 0 Å². The summed E-state index contributed by atoms with van der Waals surface area (Å²) in [6.45, 7) is 2.21. The maximum Gasteiger partial charge on any atom is 0.167 e. The van der Waals surface area contributed by atoms with Gasteiger partial charge in [0.2, 0.25) is 0 Å². The summed E-state index contributed by atoms with van der Waals surface area (Å²) in [6, 6.07) is 5.91. The van der Waals surface area contributed by atoms with Gasteiger partial charge in [0.25, 0.3) is 0 Å². The Balaban J connectivity index is 1.56. The number of ether oxygens (including phenoxy) is 2. The fourth-order valence-electron chi connectivity index (χ4n) is 3.90. The minimum absolute atomic E-state index is 0.628. The molecule has 0 radical (unpaired) electrons. The molecular weight excluding hydrogens is 374 g/mol. The van der Waals surface area contributed by atoms with Crippen molar-refractivity contribution in [2.45, 2.75) is 19.4 Å². The van der Waals surface area contributed by atoms with Crippen molar-refractivity contribution < 1.29 is 14.4 Å². The molecule has 7 nitrogen and oxygen atoms in total. The van der Waals surface area contributed by atoms with Crippen LogP contribution in [0.2, 0.25) is 0 Å². The van der Waals surface area contributed by atoms with Crippen molar-refractivity contribution in [1.82, 2.24) is 19.6 Å². The van der Waals surface area contributed by atoms with E-state index < -0.39 is 0 Å². The van der Waals surface area contributed by atoms with Gasteiger partial charge >= 0.3 is 0 Å². The second-order valence-corrected chi connectivity index (χ2v) is 8.31. The number of benzene rings is 1. The number of hydrogen-bond donors (Lipinski definition) is 1. The van der Waals surface area contributed by atoms with E-state index in [1.54, 1.807) is 36.8 Å². The smallest absolute Gasteiger partial charge is 0.167 e. The molecule has 28 heavy (non-hydrogen) atoms. The van der Waals surface area contributed by atoms with Crippen LogP contribution >= 0.6 is 11.3 Å². The molecule has 1 N–H and O–H groups in total. The van der Waals surface area contributed by atoms with Crippen molar-refractivity contribution in [1.29, 1.82) is 0 Å². The normalized spacial score (nSPS) is 16.5. The monoisotopic (exact) mass is 396 g/mol. The van der Waals surface area contributed by atoms with Gasteiger partial charge in [0.05, 0.1) is 38.1 Å². The number of rotatable bonds is 4. The van der Waals surface area contributed by atoms with Gasteiger partial charge in [-0.15, -0.1) is 16.4 Å². The summed E-state index contributed by atoms with van der Waals surface area (Å²) < 4.78 is 12.5.